The van der Waals surface area contributed by atoms with Gasteiger partial charge in [0.25, 0.3) is 0 Å². The van der Waals surface area contributed by atoms with Gasteiger partial charge < -0.3 is 15.1 Å². The van der Waals surface area contributed by atoms with Gasteiger partial charge in [0.1, 0.15) is 0 Å². The average Bonchev–Trinajstić information content (AvgIpc) is 2.69. The molecule has 0 aromatic heterocycles. The first-order valence-corrected chi connectivity index (χ1v) is 11.6. The van der Waals surface area contributed by atoms with Gasteiger partial charge in [0.15, 0.2) is 0 Å². The molecule has 0 saturated heterocycles. The van der Waals surface area contributed by atoms with Crippen LogP contribution in [0.4, 0.5) is 4.79 Å². The molecule has 0 spiro atoms. The molecule has 29 heavy (non-hydrogen) atoms. The van der Waals surface area contributed by atoms with Crippen molar-refractivity contribution in [2.75, 3.05) is 26.2 Å². The van der Waals surface area contributed by atoms with Crippen molar-refractivity contribution in [2.45, 2.75) is 92.2 Å². The van der Waals surface area contributed by atoms with Gasteiger partial charge in [-0.3, -0.25) is 0 Å². The van der Waals surface area contributed by atoms with E-state index in [1.165, 1.54) is 11.1 Å². The summed E-state index contributed by atoms with van der Waals surface area (Å²) in [6, 6.07) is 9.04. The van der Waals surface area contributed by atoms with Crippen molar-refractivity contribution in [3.05, 3.63) is 35.4 Å². The lowest BCUT2D eigenvalue weighted by Gasteiger charge is -2.30. The second kappa shape index (κ2) is 12.9. The van der Waals surface area contributed by atoms with Crippen LogP contribution in [0.3, 0.4) is 0 Å². The summed E-state index contributed by atoms with van der Waals surface area (Å²) in [5.41, 5.74) is 2.67. The van der Waals surface area contributed by atoms with E-state index < -0.39 is 0 Å². The van der Waals surface area contributed by atoms with Crippen molar-refractivity contribution in [1.29, 1.82) is 0 Å². The maximum atomic E-state index is 12.9. The molecule has 4 heteroatoms. The molecule has 0 bridgehead atoms. The van der Waals surface area contributed by atoms with Gasteiger partial charge in [0.05, 0.1) is 0 Å². The van der Waals surface area contributed by atoms with Gasteiger partial charge >= 0.3 is 6.03 Å². The number of carbonyl (C=O) groups excluding carboxylic acids is 1. The van der Waals surface area contributed by atoms with E-state index >= 15 is 0 Å². The van der Waals surface area contributed by atoms with Crippen LogP contribution in [-0.2, 0) is 12.0 Å². The van der Waals surface area contributed by atoms with Crippen molar-refractivity contribution in [2.24, 2.45) is 0 Å². The van der Waals surface area contributed by atoms with E-state index in [0.717, 1.165) is 51.9 Å². The van der Waals surface area contributed by atoms with E-state index in [-0.39, 0.29) is 17.5 Å². The molecule has 1 aromatic rings. The third-order valence-electron chi connectivity index (χ3n) is 5.76. The fourth-order valence-corrected chi connectivity index (χ4v) is 3.51. The molecule has 0 radical (unpaired) electrons. The first kappa shape index (κ1) is 25.5. The molecule has 4 nitrogen and oxygen atoms in total. The molecule has 1 N–H and O–H groups in total. The minimum atomic E-state index is 0.0636. The van der Waals surface area contributed by atoms with Crippen LogP contribution in [0.2, 0.25) is 0 Å². The lowest BCUT2D eigenvalue weighted by molar-refractivity contribution is 0.168. The van der Waals surface area contributed by atoms with E-state index in [1.54, 1.807) is 0 Å². The molecular formula is C25H45N3O. The Morgan fingerprint density at radius 1 is 1.03 bits per heavy atom. The van der Waals surface area contributed by atoms with Crippen LogP contribution in [-0.4, -0.2) is 48.1 Å². The highest BCUT2D eigenvalue weighted by Crippen LogP contribution is 2.23. The molecule has 1 unspecified atom stereocenters. The Hall–Kier alpha value is -1.55. The zero-order valence-electron chi connectivity index (χ0n) is 20.1. The number of unbranched alkanes of at least 4 members (excludes halogenated alkanes) is 1. The summed E-state index contributed by atoms with van der Waals surface area (Å²) in [4.78, 5) is 17.4. The molecule has 0 aliphatic rings. The molecule has 2 amide bonds. The minimum Gasteiger partial charge on any atom is -0.338 e. The number of urea groups is 1. The van der Waals surface area contributed by atoms with Crippen molar-refractivity contribution in [3.63, 3.8) is 0 Å². The third kappa shape index (κ3) is 9.20. The summed E-state index contributed by atoms with van der Waals surface area (Å²) in [5, 5.41) is 3.12. The highest BCUT2D eigenvalue weighted by atomic mass is 16.2. The Bertz CT molecular complexity index is 573. The van der Waals surface area contributed by atoms with Gasteiger partial charge in [-0.15, -0.1) is 0 Å². The monoisotopic (exact) mass is 403 g/mol. The molecule has 0 aliphatic carbocycles. The molecule has 1 aromatic carbocycles. The average molecular weight is 404 g/mol. The highest BCUT2D eigenvalue weighted by Gasteiger charge is 2.21. The quantitative estimate of drug-likeness (QED) is 0.447. The number of benzene rings is 1. The van der Waals surface area contributed by atoms with Crippen molar-refractivity contribution in [3.8, 4) is 0 Å². The number of hydrogen-bond donors (Lipinski definition) is 1. The van der Waals surface area contributed by atoms with Crippen LogP contribution in [0.25, 0.3) is 0 Å². The van der Waals surface area contributed by atoms with Crippen LogP contribution in [0.15, 0.2) is 24.3 Å². The highest BCUT2D eigenvalue weighted by molar-refractivity contribution is 5.74. The Balaban J connectivity index is 2.80. The minimum absolute atomic E-state index is 0.0636. The Morgan fingerprint density at radius 3 is 2.17 bits per heavy atom. The molecular weight excluding hydrogens is 358 g/mol. The van der Waals surface area contributed by atoms with E-state index in [9.17, 15) is 4.79 Å². The van der Waals surface area contributed by atoms with Gasteiger partial charge in [0.2, 0.25) is 0 Å². The van der Waals surface area contributed by atoms with Crippen molar-refractivity contribution >= 4 is 6.03 Å². The summed E-state index contributed by atoms with van der Waals surface area (Å²) < 4.78 is 0. The Labute approximate surface area is 180 Å². The molecule has 0 saturated carbocycles. The van der Waals surface area contributed by atoms with Gasteiger partial charge in [-0.05, 0) is 62.4 Å². The lowest BCUT2D eigenvalue weighted by Crippen LogP contribution is -2.45. The summed E-state index contributed by atoms with van der Waals surface area (Å²) >= 11 is 0. The van der Waals surface area contributed by atoms with E-state index in [0.29, 0.717) is 6.54 Å². The predicted octanol–water partition coefficient (Wildman–Crippen LogP) is 5.81. The maximum absolute atomic E-state index is 12.9. The van der Waals surface area contributed by atoms with Crippen LogP contribution in [0.5, 0.6) is 0 Å². The number of carbonyl (C=O) groups is 1. The summed E-state index contributed by atoms with van der Waals surface area (Å²) in [5.74, 6) is 0. The first-order valence-electron chi connectivity index (χ1n) is 11.6. The van der Waals surface area contributed by atoms with Crippen LogP contribution < -0.4 is 5.32 Å². The third-order valence-corrected chi connectivity index (χ3v) is 5.76. The number of hydrogen-bond acceptors (Lipinski definition) is 2. The van der Waals surface area contributed by atoms with E-state index in [4.69, 9.17) is 0 Å². The van der Waals surface area contributed by atoms with Gasteiger partial charge in [-0.2, -0.15) is 0 Å². The summed E-state index contributed by atoms with van der Waals surface area (Å²) in [6.45, 7) is 20.1. The van der Waals surface area contributed by atoms with Gasteiger partial charge in [-0.1, -0.05) is 72.2 Å². The van der Waals surface area contributed by atoms with Crippen molar-refractivity contribution in [1.82, 2.24) is 15.1 Å². The standard InChI is InChI=1S/C25H45N3O/c1-8-11-18-26-24(29)28(21(4)13-12-19-27(9-2)10-3)20-22-14-16-23(17-15-22)25(5,6)7/h14-17,21H,8-13,18-20H2,1-7H3,(H,26,29). The first-order chi connectivity index (χ1) is 13.7. The number of rotatable bonds is 12. The number of nitrogens with one attached hydrogen (secondary N) is 1. The zero-order chi connectivity index (χ0) is 21.9. The largest absolute Gasteiger partial charge is 0.338 e. The summed E-state index contributed by atoms with van der Waals surface area (Å²) in [6.07, 6.45) is 4.26. The predicted molar refractivity (Wildman–Crippen MR) is 125 cm³/mol. The van der Waals surface area contributed by atoms with Crippen LogP contribution in [0.1, 0.15) is 85.3 Å². The molecule has 0 aliphatic heterocycles. The second-order valence-corrected chi connectivity index (χ2v) is 9.18. The topological polar surface area (TPSA) is 35.6 Å². The fourth-order valence-electron chi connectivity index (χ4n) is 3.51. The zero-order valence-corrected chi connectivity index (χ0v) is 20.1. The smallest absolute Gasteiger partial charge is 0.317 e. The molecule has 1 atom stereocenters. The molecule has 0 heterocycles. The fraction of sp³-hybridized carbons (Fsp3) is 0.720. The van der Waals surface area contributed by atoms with Crippen molar-refractivity contribution < 1.29 is 4.79 Å². The molecule has 1 rings (SSSR count). The van der Waals surface area contributed by atoms with Crippen LogP contribution in [0, 0.1) is 0 Å². The van der Waals surface area contributed by atoms with E-state index in [2.05, 4.69) is 82.9 Å². The molecule has 166 valence electrons. The second-order valence-electron chi connectivity index (χ2n) is 9.18. The van der Waals surface area contributed by atoms with Gasteiger partial charge in [-0.25, -0.2) is 4.79 Å². The van der Waals surface area contributed by atoms with Crippen LogP contribution >= 0.6 is 0 Å². The van der Waals surface area contributed by atoms with E-state index in [1.807, 2.05) is 4.90 Å². The molecule has 0 fully saturated rings. The number of amides is 2. The lowest BCUT2D eigenvalue weighted by atomic mass is 9.87. The number of nitrogens with zero attached hydrogens (tertiary/aromatic N) is 2. The maximum Gasteiger partial charge on any atom is 0.317 e. The Morgan fingerprint density at radius 2 is 1.66 bits per heavy atom. The normalized spacial score (nSPS) is 12.8. The SMILES string of the molecule is CCCCNC(=O)N(Cc1ccc(C(C)(C)C)cc1)C(C)CCCN(CC)CC. The Kier molecular flexibility index (Phi) is 11.3. The van der Waals surface area contributed by atoms with Gasteiger partial charge in [0, 0.05) is 19.1 Å². The summed E-state index contributed by atoms with van der Waals surface area (Å²) in [7, 11) is 0.